The first kappa shape index (κ1) is 11.3. The Morgan fingerprint density at radius 2 is 1.65 bits per heavy atom. The number of phenolic OH excluding ortho intramolecular Hbond substituents is 2. The molecule has 88 valence electrons. The molecular formula is C13H13NO3. The fraction of sp³-hybridized carbons (Fsp3) is 0.0769. The Morgan fingerprint density at radius 3 is 2.29 bits per heavy atom. The van der Waals surface area contributed by atoms with E-state index < -0.39 is 6.10 Å². The first-order valence-corrected chi connectivity index (χ1v) is 5.13. The third-order valence-corrected chi connectivity index (χ3v) is 2.55. The zero-order valence-corrected chi connectivity index (χ0v) is 9.04. The normalized spacial score (nSPS) is 12.3. The van der Waals surface area contributed by atoms with Gasteiger partial charge in [0.2, 0.25) is 0 Å². The van der Waals surface area contributed by atoms with Gasteiger partial charge >= 0.3 is 0 Å². The number of aliphatic hydroxyl groups excluding tert-OH is 1. The van der Waals surface area contributed by atoms with Crippen LogP contribution in [0, 0.1) is 0 Å². The van der Waals surface area contributed by atoms with Crippen molar-refractivity contribution < 1.29 is 15.3 Å². The van der Waals surface area contributed by atoms with E-state index in [2.05, 4.69) is 0 Å². The zero-order chi connectivity index (χ0) is 12.4. The van der Waals surface area contributed by atoms with Crippen molar-refractivity contribution in [1.29, 1.82) is 0 Å². The molecule has 0 aliphatic carbocycles. The molecule has 0 saturated carbocycles. The number of anilines is 1. The van der Waals surface area contributed by atoms with Crippen LogP contribution >= 0.6 is 0 Å². The molecule has 0 saturated heterocycles. The highest BCUT2D eigenvalue weighted by Gasteiger charge is 2.14. The van der Waals surface area contributed by atoms with Crippen LogP contribution in [0.3, 0.4) is 0 Å². The molecule has 0 bridgehead atoms. The van der Waals surface area contributed by atoms with Crippen molar-refractivity contribution in [3.05, 3.63) is 53.6 Å². The summed E-state index contributed by atoms with van der Waals surface area (Å²) in [6.07, 6.45) is -0.928. The first-order valence-electron chi connectivity index (χ1n) is 5.13. The topological polar surface area (TPSA) is 86.7 Å². The fourth-order valence-electron chi connectivity index (χ4n) is 1.69. The molecule has 0 aliphatic heterocycles. The van der Waals surface area contributed by atoms with Gasteiger partial charge in [0.1, 0.15) is 17.6 Å². The summed E-state index contributed by atoms with van der Waals surface area (Å²) in [6.45, 7) is 0. The van der Waals surface area contributed by atoms with Crippen molar-refractivity contribution >= 4 is 5.69 Å². The van der Waals surface area contributed by atoms with E-state index in [0.717, 1.165) is 0 Å². The lowest BCUT2D eigenvalue weighted by Gasteiger charge is -2.14. The molecule has 0 radical (unpaired) electrons. The Kier molecular flexibility index (Phi) is 2.89. The second kappa shape index (κ2) is 4.35. The van der Waals surface area contributed by atoms with Gasteiger partial charge in [0.25, 0.3) is 0 Å². The van der Waals surface area contributed by atoms with E-state index in [0.29, 0.717) is 16.8 Å². The lowest BCUT2D eigenvalue weighted by Crippen LogP contribution is -2.03. The van der Waals surface area contributed by atoms with Crippen molar-refractivity contribution in [2.24, 2.45) is 0 Å². The lowest BCUT2D eigenvalue weighted by atomic mass is 10.00. The number of nitrogen functional groups attached to an aromatic ring is 1. The largest absolute Gasteiger partial charge is 0.508 e. The van der Waals surface area contributed by atoms with Crippen molar-refractivity contribution in [2.45, 2.75) is 6.10 Å². The molecular weight excluding hydrogens is 218 g/mol. The highest BCUT2D eigenvalue weighted by molar-refractivity contribution is 5.54. The summed E-state index contributed by atoms with van der Waals surface area (Å²) >= 11 is 0. The summed E-state index contributed by atoms with van der Waals surface area (Å²) in [4.78, 5) is 0. The molecule has 4 heteroatoms. The number of phenols is 2. The highest BCUT2D eigenvalue weighted by atomic mass is 16.3. The Hall–Kier alpha value is -2.20. The van der Waals surface area contributed by atoms with Gasteiger partial charge < -0.3 is 21.1 Å². The van der Waals surface area contributed by atoms with Gasteiger partial charge in [-0.15, -0.1) is 0 Å². The molecule has 0 fully saturated rings. The lowest BCUT2D eigenvalue weighted by molar-refractivity contribution is 0.220. The number of benzene rings is 2. The fourth-order valence-corrected chi connectivity index (χ4v) is 1.69. The average molecular weight is 231 g/mol. The van der Waals surface area contributed by atoms with Crippen LogP contribution in [0.15, 0.2) is 42.5 Å². The summed E-state index contributed by atoms with van der Waals surface area (Å²) in [5.41, 5.74) is 7.06. The number of rotatable bonds is 2. The molecule has 1 atom stereocenters. The van der Waals surface area contributed by atoms with Gasteiger partial charge in [0.15, 0.2) is 0 Å². The van der Waals surface area contributed by atoms with Gasteiger partial charge in [-0.05, 0) is 23.8 Å². The van der Waals surface area contributed by atoms with Crippen LogP contribution in [-0.4, -0.2) is 15.3 Å². The van der Waals surface area contributed by atoms with Crippen molar-refractivity contribution in [2.75, 3.05) is 5.73 Å². The molecule has 4 nitrogen and oxygen atoms in total. The molecule has 0 aliphatic rings. The van der Waals surface area contributed by atoms with Crippen molar-refractivity contribution in [1.82, 2.24) is 0 Å². The van der Waals surface area contributed by atoms with E-state index >= 15 is 0 Å². The smallest absolute Gasteiger partial charge is 0.117 e. The van der Waals surface area contributed by atoms with Gasteiger partial charge in [-0.1, -0.05) is 18.2 Å². The molecule has 5 N–H and O–H groups in total. The molecule has 0 aromatic heterocycles. The summed E-state index contributed by atoms with van der Waals surface area (Å²) in [6, 6.07) is 10.7. The third kappa shape index (κ3) is 2.32. The zero-order valence-electron chi connectivity index (χ0n) is 9.04. The Labute approximate surface area is 98.6 Å². The molecule has 0 heterocycles. The number of nitrogens with two attached hydrogens (primary N) is 1. The number of hydrogen-bond acceptors (Lipinski definition) is 4. The van der Waals surface area contributed by atoms with Crippen LogP contribution in [0.25, 0.3) is 0 Å². The van der Waals surface area contributed by atoms with E-state index in [-0.39, 0.29) is 11.5 Å². The number of aliphatic hydroxyl groups is 1. The van der Waals surface area contributed by atoms with Crippen LogP contribution in [0.5, 0.6) is 11.5 Å². The van der Waals surface area contributed by atoms with Gasteiger partial charge in [-0.3, -0.25) is 0 Å². The molecule has 2 rings (SSSR count). The van der Waals surface area contributed by atoms with E-state index in [1.807, 2.05) is 0 Å². The Bertz CT molecular complexity index is 540. The average Bonchev–Trinajstić information content (AvgIpc) is 2.28. The van der Waals surface area contributed by atoms with Crippen molar-refractivity contribution in [3.8, 4) is 11.5 Å². The maximum Gasteiger partial charge on any atom is 0.117 e. The predicted octanol–water partition coefficient (Wildman–Crippen LogP) is 1.76. The second-order valence-corrected chi connectivity index (χ2v) is 3.81. The SMILES string of the molecule is Nc1cc(O)ccc1C(O)c1cccc(O)c1. The van der Waals surface area contributed by atoms with E-state index in [9.17, 15) is 15.3 Å². The third-order valence-electron chi connectivity index (χ3n) is 2.55. The molecule has 0 spiro atoms. The Balaban J connectivity index is 2.40. The van der Waals surface area contributed by atoms with Gasteiger partial charge in [0.05, 0.1) is 0 Å². The maximum absolute atomic E-state index is 10.1. The molecule has 1 unspecified atom stereocenters. The van der Waals surface area contributed by atoms with E-state index in [1.54, 1.807) is 18.2 Å². The quantitative estimate of drug-likeness (QED) is 0.593. The molecule has 17 heavy (non-hydrogen) atoms. The molecule has 2 aromatic rings. The van der Waals surface area contributed by atoms with Crippen LogP contribution in [0.2, 0.25) is 0 Å². The number of hydrogen-bond donors (Lipinski definition) is 4. The minimum atomic E-state index is -0.928. The minimum Gasteiger partial charge on any atom is -0.508 e. The predicted molar refractivity (Wildman–Crippen MR) is 64.7 cm³/mol. The minimum absolute atomic E-state index is 0.0503. The summed E-state index contributed by atoms with van der Waals surface area (Å²) in [5, 5.41) is 28.7. The van der Waals surface area contributed by atoms with Crippen LogP contribution in [0.4, 0.5) is 5.69 Å². The second-order valence-electron chi connectivity index (χ2n) is 3.81. The first-order chi connectivity index (χ1) is 8.08. The summed E-state index contributed by atoms with van der Waals surface area (Å²) in [5.74, 6) is 0.133. The maximum atomic E-state index is 10.1. The summed E-state index contributed by atoms with van der Waals surface area (Å²) < 4.78 is 0. The number of aromatic hydroxyl groups is 2. The molecule has 2 aromatic carbocycles. The van der Waals surface area contributed by atoms with E-state index in [4.69, 9.17) is 5.73 Å². The van der Waals surface area contributed by atoms with Gasteiger partial charge in [-0.25, -0.2) is 0 Å². The Morgan fingerprint density at radius 1 is 0.941 bits per heavy atom. The molecule has 0 amide bonds. The van der Waals surface area contributed by atoms with Crippen LogP contribution in [0.1, 0.15) is 17.2 Å². The van der Waals surface area contributed by atoms with Crippen LogP contribution < -0.4 is 5.73 Å². The van der Waals surface area contributed by atoms with Gasteiger partial charge in [0, 0.05) is 17.3 Å². The standard InChI is InChI=1S/C13H13NO3/c14-12-7-10(16)4-5-11(12)13(17)8-2-1-3-9(15)6-8/h1-7,13,15-17H,14H2. The van der Waals surface area contributed by atoms with Crippen molar-refractivity contribution in [3.63, 3.8) is 0 Å². The summed E-state index contributed by atoms with van der Waals surface area (Å²) in [7, 11) is 0. The van der Waals surface area contributed by atoms with Crippen LogP contribution in [-0.2, 0) is 0 Å². The monoisotopic (exact) mass is 231 g/mol. The highest BCUT2D eigenvalue weighted by Crippen LogP contribution is 2.30. The van der Waals surface area contributed by atoms with Gasteiger partial charge in [-0.2, -0.15) is 0 Å². The van der Waals surface area contributed by atoms with E-state index in [1.165, 1.54) is 24.3 Å².